The van der Waals surface area contributed by atoms with Gasteiger partial charge in [0.1, 0.15) is 5.82 Å². The minimum Gasteiger partial charge on any atom is -0.396 e. The highest BCUT2D eigenvalue weighted by Gasteiger charge is 2.13. The van der Waals surface area contributed by atoms with Gasteiger partial charge < -0.3 is 10.4 Å². The molecule has 0 saturated heterocycles. The monoisotopic (exact) mass is 223 g/mol. The van der Waals surface area contributed by atoms with Crippen LogP contribution in [0.25, 0.3) is 0 Å². The zero-order chi connectivity index (χ0) is 12.0. The van der Waals surface area contributed by atoms with E-state index in [1.807, 2.05) is 13.8 Å². The Hall–Kier alpha value is -1.62. The Balaban J connectivity index is 2.42. The predicted octanol–water partition coefficient (Wildman–Crippen LogP) is 1.22. The normalized spacial score (nSPS) is 13.9. The van der Waals surface area contributed by atoms with Crippen molar-refractivity contribution in [1.29, 1.82) is 0 Å². The molecule has 0 spiro atoms. The lowest BCUT2D eigenvalue weighted by Crippen LogP contribution is -2.40. The van der Waals surface area contributed by atoms with Gasteiger partial charge in [0.25, 0.3) is 0 Å². The van der Waals surface area contributed by atoms with Gasteiger partial charge in [0.2, 0.25) is 0 Å². The second kappa shape index (κ2) is 6.07. The van der Waals surface area contributed by atoms with Gasteiger partial charge in [-0.2, -0.15) is 0 Å². The van der Waals surface area contributed by atoms with Crippen molar-refractivity contribution in [2.24, 2.45) is 5.92 Å². The van der Waals surface area contributed by atoms with Crippen molar-refractivity contribution in [3.63, 3.8) is 0 Å². The number of anilines is 1. The Bertz CT molecular complexity index is 329. The standard InChI is InChI=1S/C11H17N3O2/c1-8(7-15)9(2)13-11(16)14-10-5-3-4-6-12-10/h3-6,8-9,15H,7H2,1-2H3,(H2,12,13,14,16). The molecule has 0 bridgehead atoms. The number of aliphatic hydroxyl groups is 1. The molecule has 2 amide bonds. The van der Waals surface area contributed by atoms with Crippen LogP contribution >= 0.6 is 0 Å². The molecule has 5 nitrogen and oxygen atoms in total. The molecular formula is C11H17N3O2. The number of nitrogens with zero attached hydrogens (tertiary/aromatic N) is 1. The topological polar surface area (TPSA) is 74.2 Å². The van der Waals surface area contributed by atoms with Crippen LogP contribution in [0.2, 0.25) is 0 Å². The molecule has 0 fully saturated rings. The Labute approximate surface area is 94.9 Å². The Morgan fingerprint density at radius 2 is 2.25 bits per heavy atom. The molecule has 1 aromatic heterocycles. The molecule has 2 unspecified atom stereocenters. The highest BCUT2D eigenvalue weighted by Crippen LogP contribution is 2.02. The van der Waals surface area contributed by atoms with E-state index in [1.54, 1.807) is 24.4 Å². The number of nitrogens with one attached hydrogen (secondary N) is 2. The first-order chi connectivity index (χ1) is 7.63. The minimum absolute atomic E-state index is 0.0227. The smallest absolute Gasteiger partial charge is 0.320 e. The summed E-state index contributed by atoms with van der Waals surface area (Å²) in [6, 6.07) is 4.88. The fourth-order valence-corrected chi connectivity index (χ4v) is 1.10. The molecule has 3 N–H and O–H groups in total. The van der Waals surface area contributed by atoms with E-state index in [-0.39, 0.29) is 24.6 Å². The summed E-state index contributed by atoms with van der Waals surface area (Å²) < 4.78 is 0. The average Bonchev–Trinajstić information content (AvgIpc) is 2.29. The third-order valence-corrected chi connectivity index (χ3v) is 2.41. The van der Waals surface area contributed by atoms with Crippen LogP contribution in [-0.4, -0.2) is 28.8 Å². The van der Waals surface area contributed by atoms with E-state index in [9.17, 15) is 4.79 Å². The third-order valence-electron chi connectivity index (χ3n) is 2.41. The van der Waals surface area contributed by atoms with E-state index in [1.165, 1.54) is 0 Å². The van der Waals surface area contributed by atoms with Crippen LogP contribution in [0.4, 0.5) is 10.6 Å². The number of carbonyl (C=O) groups excluding carboxylic acids is 1. The molecule has 0 aliphatic carbocycles. The van der Waals surface area contributed by atoms with Crippen molar-refractivity contribution in [2.45, 2.75) is 19.9 Å². The van der Waals surface area contributed by atoms with Crippen molar-refractivity contribution in [2.75, 3.05) is 11.9 Å². The van der Waals surface area contributed by atoms with Crippen LogP contribution in [0.15, 0.2) is 24.4 Å². The maximum absolute atomic E-state index is 11.5. The van der Waals surface area contributed by atoms with Crippen LogP contribution in [0.3, 0.4) is 0 Å². The summed E-state index contributed by atoms with van der Waals surface area (Å²) in [5, 5.41) is 14.3. The molecule has 0 aliphatic rings. The Kier molecular flexibility index (Phi) is 4.72. The van der Waals surface area contributed by atoms with Gasteiger partial charge in [0.15, 0.2) is 0 Å². The largest absolute Gasteiger partial charge is 0.396 e. The van der Waals surface area contributed by atoms with Crippen LogP contribution in [-0.2, 0) is 0 Å². The van der Waals surface area contributed by atoms with E-state index in [2.05, 4.69) is 15.6 Å². The van der Waals surface area contributed by atoms with E-state index in [0.717, 1.165) is 0 Å². The lowest BCUT2D eigenvalue weighted by Gasteiger charge is -2.19. The van der Waals surface area contributed by atoms with Crippen LogP contribution < -0.4 is 10.6 Å². The molecule has 0 aliphatic heterocycles. The van der Waals surface area contributed by atoms with Gasteiger partial charge >= 0.3 is 6.03 Å². The van der Waals surface area contributed by atoms with E-state index in [4.69, 9.17) is 5.11 Å². The first-order valence-electron chi connectivity index (χ1n) is 5.23. The second-order valence-corrected chi connectivity index (χ2v) is 3.76. The van der Waals surface area contributed by atoms with Crippen molar-refractivity contribution in [3.8, 4) is 0 Å². The molecule has 1 heterocycles. The average molecular weight is 223 g/mol. The van der Waals surface area contributed by atoms with Crippen molar-refractivity contribution in [1.82, 2.24) is 10.3 Å². The van der Waals surface area contributed by atoms with Gasteiger partial charge in [-0.3, -0.25) is 5.32 Å². The van der Waals surface area contributed by atoms with E-state index < -0.39 is 0 Å². The van der Waals surface area contributed by atoms with Crippen LogP contribution in [0, 0.1) is 5.92 Å². The Morgan fingerprint density at radius 1 is 1.50 bits per heavy atom. The lowest BCUT2D eigenvalue weighted by molar-refractivity contribution is 0.204. The summed E-state index contributed by atoms with van der Waals surface area (Å²) in [4.78, 5) is 15.5. The first-order valence-corrected chi connectivity index (χ1v) is 5.23. The quantitative estimate of drug-likeness (QED) is 0.718. The molecule has 0 aromatic carbocycles. The van der Waals surface area contributed by atoms with E-state index >= 15 is 0 Å². The summed E-state index contributed by atoms with van der Waals surface area (Å²) in [6.45, 7) is 3.76. The fourth-order valence-electron chi connectivity index (χ4n) is 1.10. The number of aromatic nitrogens is 1. The number of amides is 2. The molecule has 88 valence electrons. The van der Waals surface area contributed by atoms with Gasteiger partial charge in [-0.25, -0.2) is 9.78 Å². The first kappa shape index (κ1) is 12.4. The number of hydrogen-bond donors (Lipinski definition) is 3. The maximum Gasteiger partial charge on any atom is 0.320 e. The fraction of sp³-hybridized carbons (Fsp3) is 0.455. The second-order valence-electron chi connectivity index (χ2n) is 3.76. The summed E-state index contributed by atoms with van der Waals surface area (Å²) in [7, 11) is 0. The number of hydrogen-bond acceptors (Lipinski definition) is 3. The maximum atomic E-state index is 11.5. The molecule has 5 heteroatoms. The zero-order valence-electron chi connectivity index (χ0n) is 9.47. The number of aliphatic hydroxyl groups excluding tert-OH is 1. The molecule has 0 saturated carbocycles. The molecule has 2 atom stereocenters. The molecular weight excluding hydrogens is 206 g/mol. The van der Waals surface area contributed by atoms with Gasteiger partial charge in [0, 0.05) is 18.8 Å². The molecule has 0 radical (unpaired) electrons. The molecule has 1 aromatic rings. The van der Waals surface area contributed by atoms with Gasteiger partial charge in [-0.15, -0.1) is 0 Å². The molecule has 16 heavy (non-hydrogen) atoms. The highest BCUT2D eigenvalue weighted by atomic mass is 16.3. The summed E-state index contributed by atoms with van der Waals surface area (Å²) in [6.07, 6.45) is 1.61. The number of urea groups is 1. The van der Waals surface area contributed by atoms with Gasteiger partial charge in [-0.05, 0) is 25.0 Å². The Morgan fingerprint density at radius 3 is 2.81 bits per heavy atom. The van der Waals surface area contributed by atoms with Crippen molar-refractivity contribution >= 4 is 11.8 Å². The number of rotatable bonds is 4. The molecule has 1 rings (SSSR count). The van der Waals surface area contributed by atoms with Crippen molar-refractivity contribution < 1.29 is 9.90 Å². The SMILES string of the molecule is CC(CO)C(C)NC(=O)Nc1ccccn1. The van der Waals surface area contributed by atoms with Crippen LogP contribution in [0.1, 0.15) is 13.8 Å². The summed E-state index contributed by atoms with van der Waals surface area (Å²) in [5.41, 5.74) is 0. The third kappa shape index (κ3) is 3.86. The number of pyridine rings is 1. The van der Waals surface area contributed by atoms with Crippen LogP contribution in [0.5, 0.6) is 0 Å². The van der Waals surface area contributed by atoms with E-state index in [0.29, 0.717) is 5.82 Å². The minimum atomic E-state index is -0.313. The predicted molar refractivity (Wildman–Crippen MR) is 62.1 cm³/mol. The summed E-state index contributed by atoms with van der Waals surface area (Å²) in [5.74, 6) is 0.526. The summed E-state index contributed by atoms with van der Waals surface area (Å²) >= 11 is 0. The number of carbonyl (C=O) groups is 1. The van der Waals surface area contributed by atoms with Gasteiger partial charge in [0.05, 0.1) is 0 Å². The van der Waals surface area contributed by atoms with Gasteiger partial charge in [-0.1, -0.05) is 13.0 Å². The van der Waals surface area contributed by atoms with Crippen molar-refractivity contribution in [3.05, 3.63) is 24.4 Å². The highest BCUT2D eigenvalue weighted by molar-refractivity contribution is 5.88. The lowest BCUT2D eigenvalue weighted by atomic mass is 10.1. The zero-order valence-corrected chi connectivity index (χ0v) is 9.47.